The summed E-state index contributed by atoms with van der Waals surface area (Å²) >= 11 is 0. The normalized spacial score (nSPS) is 15.3. The Kier molecular flexibility index (Phi) is 13.7. The SMILES string of the molecule is C=CC[C@H](C[C@@H](C[C@@H](C(=O)OC)N(C(=O)OC(C)(C)C)C(=O)OC(C)(C)C)C(=O)OC)N[S@@](=O)C(C)(C)C. The molecule has 0 rings (SSSR count). The van der Waals surface area contributed by atoms with Crippen molar-refractivity contribution in [2.75, 3.05) is 14.2 Å². The number of hydrogen-bond acceptors (Lipinski definition) is 9. The summed E-state index contributed by atoms with van der Waals surface area (Å²) in [5, 5.41) is 0. The molecule has 0 saturated carbocycles. The smallest absolute Gasteiger partial charge is 0.420 e. The number of amides is 2. The second-order valence-electron chi connectivity index (χ2n) is 11.8. The van der Waals surface area contributed by atoms with E-state index < -0.39 is 69.1 Å². The molecule has 0 aliphatic rings. The molecule has 11 nitrogen and oxygen atoms in total. The largest absolute Gasteiger partial charge is 0.469 e. The van der Waals surface area contributed by atoms with Crippen LogP contribution in [0.3, 0.4) is 0 Å². The number of esters is 2. The van der Waals surface area contributed by atoms with Gasteiger partial charge in [0.2, 0.25) is 0 Å². The van der Waals surface area contributed by atoms with Gasteiger partial charge in [0.05, 0.1) is 35.9 Å². The van der Waals surface area contributed by atoms with Crippen molar-refractivity contribution in [3.8, 4) is 0 Å². The van der Waals surface area contributed by atoms with Crippen LogP contribution in [-0.2, 0) is 39.5 Å². The van der Waals surface area contributed by atoms with Gasteiger partial charge in [-0.05, 0) is 81.6 Å². The van der Waals surface area contributed by atoms with E-state index in [1.165, 1.54) is 7.11 Å². The molecule has 0 spiro atoms. The van der Waals surface area contributed by atoms with Gasteiger partial charge in [0.25, 0.3) is 0 Å². The van der Waals surface area contributed by atoms with Gasteiger partial charge in [-0.15, -0.1) is 6.58 Å². The lowest BCUT2D eigenvalue weighted by molar-refractivity contribution is -0.151. The number of carbonyl (C=O) groups is 4. The van der Waals surface area contributed by atoms with Gasteiger partial charge in [-0.2, -0.15) is 4.90 Å². The number of imide groups is 1. The van der Waals surface area contributed by atoms with E-state index in [0.29, 0.717) is 11.3 Å². The maximum absolute atomic E-state index is 13.2. The monoisotopic (exact) mass is 562 g/mol. The molecule has 0 aromatic heterocycles. The van der Waals surface area contributed by atoms with Crippen LogP contribution in [0, 0.1) is 5.92 Å². The van der Waals surface area contributed by atoms with E-state index >= 15 is 0 Å². The summed E-state index contributed by atoms with van der Waals surface area (Å²) in [7, 11) is 0.812. The molecule has 38 heavy (non-hydrogen) atoms. The van der Waals surface area contributed by atoms with Crippen LogP contribution in [0.1, 0.15) is 81.6 Å². The Balaban J connectivity index is 6.50. The van der Waals surface area contributed by atoms with Crippen molar-refractivity contribution >= 4 is 35.1 Å². The third kappa shape index (κ3) is 12.9. The molecule has 0 unspecified atom stereocenters. The summed E-state index contributed by atoms with van der Waals surface area (Å²) in [5.41, 5.74) is -2.01. The van der Waals surface area contributed by atoms with Crippen LogP contribution in [0.5, 0.6) is 0 Å². The maximum atomic E-state index is 13.2. The number of nitrogens with zero attached hydrogens (tertiary/aromatic N) is 1. The highest BCUT2D eigenvalue weighted by Crippen LogP contribution is 2.25. The van der Waals surface area contributed by atoms with Crippen molar-refractivity contribution in [2.45, 2.75) is 110 Å². The minimum absolute atomic E-state index is 0.0600. The fraction of sp³-hybridized carbons (Fsp3) is 0.769. The molecule has 0 aliphatic carbocycles. The third-order valence-electron chi connectivity index (χ3n) is 4.86. The first-order valence-corrected chi connectivity index (χ1v) is 13.5. The molecule has 0 bridgehead atoms. The molecule has 12 heteroatoms. The molecule has 0 aliphatic heterocycles. The Morgan fingerprint density at radius 3 is 1.63 bits per heavy atom. The van der Waals surface area contributed by atoms with Gasteiger partial charge < -0.3 is 18.9 Å². The summed E-state index contributed by atoms with van der Waals surface area (Å²) in [5.74, 6) is -2.65. The molecule has 0 fully saturated rings. The summed E-state index contributed by atoms with van der Waals surface area (Å²) < 4.78 is 35.8. The second-order valence-corrected chi connectivity index (χ2v) is 13.8. The van der Waals surface area contributed by atoms with Crippen molar-refractivity contribution in [1.29, 1.82) is 0 Å². The van der Waals surface area contributed by atoms with Gasteiger partial charge in [-0.3, -0.25) is 4.79 Å². The average Bonchev–Trinajstić information content (AvgIpc) is 2.73. The number of rotatable bonds is 11. The lowest BCUT2D eigenvalue weighted by atomic mass is 9.91. The third-order valence-corrected chi connectivity index (χ3v) is 6.52. The molecule has 2 amide bonds. The van der Waals surface area contributed by atoms with E-state index in [9.17, 15) is 23.4 Å². The van der Waals surface area contributed by atoms with Crippen LogP contribution in [0.2, 0.25) is 0 Å². The average molecular weight is 563 g/mol. The van der Waals surface area contributed by atoms with E-state index in [1.807, 2.05) is 0 Å². The fourth-order valence-corrected chi connectivity index (χ4v) is 4.03. The number of methoxy groups -OCH3 is 2. The Labute approximate surface area is 229 Å². The van der Waals surface area contributed by atoms with Crippen LogP contribution in [0.25, 0.3) is 0 Å². The molecule has 4 atom stereocenters. The maximum Gasteiger partial charge on any atom is 0.420 e. The summed E-state index contributed by atoms with van der Waals surface area (Å²) in [4.78, 5) is 52.6. The second kappa shape index (κ2) is 14.6. The van der Waals surface area contributed by atoms with Crippen LogP contribution in [0.15, 0.2) is 12.7 Å². The van der Waals surface area contributed by atoms with Gasteiger partial charge in [0.1, 0.15) is 17.2 Å². The first-order chi connectivity index (χ1) is 17.2. The molecule has 1 N–H and O–H groups in total. The van der Waals surface area contributed by atoms with Gasteiger partial charge in [0.15, 0.2) is 0 Å². The number of ether oxygens (including phenoxy) is 4. The Morgan fingerprint density at radius 1 is 0.842 bits per heavy atom. The zero-order valence-corrected chi connectivity index (χ0v) is 25.5. The lowest BCUT2D eigenvalue weighted by Crippen LogP contribution is -2.53. The van der Waals surface area contributed by atoms with Crippen molar-refractivity contribution in [2.24, 2.45) is 5.92 Å². The number of nitrogens with one attached hydrogen (secondary N) is 1. The predicted molar refractivity (Wildman–Crippen MR) is 144 cm³/mol. The quantitative estimate of drug-likeness (QED) is 0.222. The fourth-order valence-electron chi connectivity index (χ4n) is 3.18. The molecule has 220 valence electrons. The van der Waals surface area contributed by atoms with Crippen LogP contribution in [-0.4, -0.2) is 75.5 Å². The minimum Gasteiger partial charge on any atom is -0.469 e. The Morgan fingerprint density at radius 2 is 1.29 bits per heavy atom. The summed E-state index contributed by atoms with van der Waals surface area (Å²) in [6, 6.07) is -2.07. The van der Waals surface area contributed by atoms with Crippen LogP contribution < -0.4 is 4.72 Å². The van der Waals surface area contributed by atoms with Crippen LogP contribution in [0.4, 0.5) is 9.59 Å². The zero-order chi connectivity index (χ0) is 30.1. The molecule has 0 aromatic carbocycles. The van der Waals surface area contributed by atoms with Gasteiger partial charge >= 0.3 is 24.1 Å². The molecule has 0 aromatic rings. The van der Waals surface area contributed by atoms with Crippen molar-refractivity contribution < 1.29 is 42.3 Å². The Hall–Kier alpha value is -2.47. The standard InChI is InChI=1S/C26H46N2O9S/c1-13-14-18(27-38(33)26(8,9)10)15-17(20(29)34-11)16-19(21(30)35-12)28(22(31)36-24(2,3)4)23(32)37-25(5,6)7/h13,17-19,27H,1,14-16H2,2-12H3/t17-,18+,19-,38-/m0/s1. The highest BCUT2D eigenvalue weighted by atomic mass is 32.2. The van der Waals surface area contributed by atoms with E-state index in [0.717, 1.165) is 7.11 Å². The summed E-state index contributed by atoms with van der Waals surface area (Å²) in [6.07, 6.45) is -0.613. The topological polar surface area (TPSA) is 138 Å². The molecular formula is C26H46N2O9S. The zero-order valence-electron chi connectivity index (χ0n) is 24.7. The predicted octanol–water partition coefficient (Wildman–Crippen LogP) is 4.27. The van der Waals surface area contributed by atoms with E-state index in [4.69, 9.17) is 18.9 Å². The number of hydrogen-bond donors (Lipinski definition) is 1. The van der Waals surface area contributed by atoms with Crippen LogP contribution >= 0.6 is 0 Å². The molecule has 0 radical (unpaired) electrons. The van der Waals surface area contributed by atoms with Gasteiger partial charge in [-0.1, -0.05) is 6.08 Å². The first-order valence-electron chi connectivity index (χ1n) is 12.4. The number of carbonyl (C=O) groups excluding carboxylic acids is 4. The van der Waals surface area contributed by atoms with Crippen molar-refractivity contribution in [3.05, 3.63) is 12.7 Å². The van der Waals surface area contributed by atoms with Gasteiger partial charge in [-0.25, -0.2) is 23.3 Å². The molecular weight excluding hydrogens is 516 g/mol. The Bertz CT molecular complexity index is 841. The van der Waals surface area contributed by atoms with E-state index in [1.54, 1.807) is 68.4 Å². The summed E-state index contributed by atoms with van der Waals surface area (Å²) in [6.45, 7) is 18.7. The first kappa shape index (κ1) is 35.5. The molecule has 0 heterocycles. The lowest BCUT2D eigenvalue weighted by Gasteiger charge is -2.33. The van der Waals surface area contributed by atoms with Crippen molar-refractivity contribution in [1.82, 2.24) is 9.62 Å². The van der Waals surface area contributed by atoms with Crippen molar-refractivity contribution in [3.63, 3.8) is 0 Å². The van der Waals surface area contributed by atoms with E-state index in [-0.39, 0.29) is 12.8 Å². The van der Waals surface area contributed by atoms with E-state index in [2.05, 4.69) is 11.3 Å². The highest BCUT2D eigenvalue weighted by Gasteiger charge is 2.43. The highest BCUT2D eigenvalue weighted by molar-refractivity contribution is 7.84. The van der Waals surface area contributed by atoms with Gasteiger partial charge in [0, 0.05) is 6.04 Å². The molecule has 0 saturated heterocycles. The minimum atomic E-state index is -1.58.